The Hall–Kier alpha value is -1.80. The van der Waals surface area contributed by atoms with Gasteiger partial charge in [0.05, 0.1) is 23.4 Å². The summed E-state index contributed by atoms with van der Waals surface area (Å²) in [6, 6.07) is 4.03. The molecule has 5 heteroatoms. The topological polar surface area (TPSA) is 84.0 Å². The fraction of sp³-hybridized carbons (Fsp3) is 0.455. The van der Waals surface area contributed by atoms with Crippen molar-refractivity contribution in [3.63, 3.8) is 0 Å². The maximum atomic E-state index is 8.93. The molecule has 0 bridgehead atoms. The van der Waals surface area contributed by atoms with E-state index in [2.05, 4.69) is 16.4 Å². The lowest BCUT2D eigenvalue weighted by Gasteiger charge is -2.36. The van der Waals surface area contributed by atoms with Gasteiger partial charge in [0, 0.05) is 19.4 Å². The number of anilines is 2. The number of pyridine rings is 1. The molecule has 3 N–H and O–H groups in total. The number of methoxy groups -OCH3 is 1. The zero-order valence-electron chi connectivity index (χ0n) is 9.10. The molecule has 2 rings (SSSR count). The zero-order valence-corrected chi connectivity index (χ0v) is 9.10. The number of hydrogen-bond acceptors (Lipinski definition) is 5. The Bertz CT molecular complexity index is 424. The van der Waals surface area contributed by atoms with Crippen molar-refractivity contribution >= 4 is 11.5 Å². The van der Waals surface area contributed by atoms with Crippen molar-refractivity contribution in [2.24, 2.45) is 0 Å². The minimum atomic E-state index is 0.223. The summed E-state index contributed by atoms with van der Waals surface area (Å²) in [6.45, 7) is 0. The largest absolute Gasteiger partial charge is 0.384 e. The molecule has 5 nitrogen and oxygen atoms in total. The van der Waals surface area contributed by atoms with Gasteiger partial charge in [-0.3, -0.25) is 0 Å². The predicted octanol–water partition coefficient (Wildman–Crippen LogP) is 1.12. The zero-order chi connectivity index (χ0) is 11.5. The third-order valence-corrected chi connectivity index (χ3v) is 2.90. The van der Waals surface area contributed by atoms with Crippen molar-refractivity contribution < 1.29 is 4.74 Å². The first-order valence-corrected chi connectivity index (χ1v) is 5.19. The maximum absolute atomic E-state index is 8.93. The average Bonchev–Trinajstić information content (AvgIpc) is 2.25. The molecule has 1 aromatic rings. The van der Waals surface area contributed by atoms with Crippen molar-refractivity contribution in [1.82, 2.24) is 4.98 Å². The molecule has 0 amide bonds. The lowest BCUT2D eigenvalue weighted by Crippen LogP contribution is -2.44. The number of aromatic nitrogens is 1. The van der Waals surface area contributed by atoms with Crippen molar-refractivity contribution in [2.75, 3.05) is 18.2 Å². The lowest BCUT2D eigenvalue weighted by atomic mass is 9.88. The van der Waals surface area contributed by atoms with Crippen molar-refractivity contribution in [2.45, 2.75) is 25.0 Å². The van der Waals surface area contributed by atoms with Gasteiger partial charge in [-0.15, -0.1) is 0 Å². The Morgan fingerprint density at radius 2 is 2.44 bits per heavy atom. The van der Waals surface area contributed by atoms with E-state index in [1.807, 2.05) is 0 Å². The minimum absolute atomic E-state index is 0.223. The van der Waals surface area contributed by atoms with Crippen LogP contribution in [-0.2, 0) is 4.74 Å². The van der Waals surface area contributed by atoms with Gasteiger partial charge in [-0.1, -0.05) is 0 Å². The molecule has 0 spiro atoms. The number of nitrogens with zero attached hydrogens (tertiary/aromatic N) is 2. The second kappa shape index (κ2) is 4.37. The molecule has 1 heterocycles. The van der Waals surface area contributed by atoms with Crippen LogP contribution in [0.15, 0.2) is 12.3 Å². The van der Waals surface area contributed by atoms with Crippen LogP contribution in [0.2, 0.25) is 0 Å². The molecule has 0 radical (unpaired) electrons. The first-order valence-electron chi connectivity index (χ1n) is 5.19. The summed E-state index contributed by atoms with van der Waals surface area (Å²) in [5.74, 6) is 0.412. The molecule has 0 unspecified atom stereocenters. The average molecular weight is 218 g/mol. The maximum Gasteiger partial charge on any atom is 0.125 e. The highest BCUT2D eigenvalue weighted by molar-refractivity contribution is 5.61. The van der Waals surface area contributed by atoms with E-state index >= 15 is 0 Å². The van der Waals surface area contributed by atoms with Gasteiger partial charge in [-0.05, 0) is 12.8 Å². The molecule has 2 atom stereocenters. The lowest BCUT2D eigenvalue weighted by molar-refractivity contribution is 0.0286. The van der Waals surface area contributed by atoms with E-state index in [0.717, 1.165) is 18.5 Å². The summed E-state index contributed by atoms with van der Waals surface area (Å²) in [6.07, 6.45) is 3.81. The van der Waals surface area contributed by atoms with Crippen LogP contribution < -0.4 is 11.1 Å². The summed E-state index contributed by atoms with van der Waals surface area (Å²) in [7, 11) is 1.70. The molecule has 84 valence electrons. The Morgan fingerprint density at radius 3 is 3.00 bits per heavy atom. The van der Waals surface area contributed by atoms with Gasteiger partial charge in [0.2, 0.25) is 0 Å². The third-order valence-electron chi connectivity index (χ3n) is 2.90. The number of nitrogens with one attached hydrogen (secondary N) is 1. The van der Waals surface area contributed by atoms with Gasteiger partial charge in [0.25, 0.3) is 0 Å². The molecule has 1 aliphatic rings. The monoisotopic (exact) mass is 218 g/mol. The van der Waals surface area contributed by atoms with Gasteiger partial charge in [0.15, 0.2) is 0 Å². The first-order chi connectivity index (χ1) is 7.74. The van der Waals surface area contributed by atoms with Crippen LogP contribution in [0, 0.1) is 11.3 Å². The Balaban J connectivity index is 2.14. The van der Waals surface area contributed by atoms with Crippen LogP contribution in [0.5, 0.6) is 0 Å². The van der Waals surface area contributed by atoms with E-state index in [1.54, 1.807) is 13.2 Å². The van der Waals surface area contributed by atoms with Crippen molar-refractivity contribution in [3.05, 3.63) is 17.8 Å². The Labute approximate surface area is 94.2 Å². The van der Waals surface area contributed by atoms with Gasteiger partial charge >= 0.3 is 0 Å². The van der Waals surface area contributed by atoms with Gasteiger partial charge < -0.3 is 15.8 Å². The minimum Gasteiger partial charge on any atom is -0.384 e. The molecule has 0 aromatic carbocycles. The first kappa shape index (κ1) is 10.7. The number of ether oxygens (including phenoxy) is 1. The number of hydrogen-bond donors (Lipinski definition) is 2. The second-order valence-electron chi connectivity index (χ2n) is 3.87. The van der Waals surface area contributed by atoms with Crippen LogP contribution >= 0.6 is 0 Å². The molecule has 0 aliphatic heterocycles. The second-order valence-corrected chi connectivity index (χ2v) is 3.87. The normalized spacial score (nSPS) is 23.2. The van der Waals surface area contributed by atoms with E-state index in [4.69, 9.17) is 15.7 Å². The molecule has 1 saturated carbocycles. The SMILES string of the molecule is CO[C@H]1CC[C@H]1Nc1cc(N)ncc1C#N. The van der Waals surface area contributed by atoms with Crippen LogP contribution in [0.1, 0.15) is 18.4 Å². The predicted molar refractivity (Wildman–Crippen MR) is 60.8 cm³/mol. The highest BCUT2D eigenvalue weighted by Gasteiger charge is 2.31. The van der Waals surface area contributed by atoms with E-state index in [-0.39, 0.29) is 12.1 Å². The molecular weight excluding hydrogens is 204 g/mol. The molecule has 0 saturated heterocycles. The fourth-order valence-corrected chi connectivity index (χ4v) is 1.80. The number of nitrogen functional groups attached to an aromatic ring is 1. The standard InChI is InChI=1S/C11H14N4O/c1-16-10-3-2-8(10)15-9-4-11(13)14-6-7(9)5-12/h4,6,8,10H,2-3H2,1H3,(H3,13,14,15)/t8-,10+/m1/s1. The van der Waals surface area contributed by atoms with E-state index < -0.39 is 0 Å². The van der Waals surface area contributed by atoms with Crippen LogP contribution in [0.25, 0.3) is 0 Å². The summed E-state index contributed by atoms with van der Waals surface area (Å²) in [5.41, 5.74) is 6.84. The molecule has 1 fully saturated rings. The molecule has 1 aromatic heterocycles. The number of nitriles is 1. The number of rotatable bonds is 3. The van der Waals surface area contributed by atoms with Crippen LogP contribution in [0.4, 0.5) is 11.5 Å². The summed E-state index contributed by atoms with van der Waals surface area (Å²) >= 11 is 0. The van der Waals surface area contributed by atoms with Crippen molar-refractivity contribution in [1.29, 1.82) is 5.26 Å². The smallest absolute Gasteiger partial charge is 0.125 e. The van der Waals surface area contributed by atoms with Gasteiger partial charge in [0.1, 0.15) is 11.9 Å². The number of nitrogens with two attached hydrogens (primary N) is 1. The highest BCUT2D eigenvalue weighted by Crippen LogP contribution is 2.28. The van der Waals surface area contributed by atoms with Crippen LogP contribution in [0.3, 0.4) is 0 Å². The summed E-state index contributed by atoms with van der Waals surface area (Å²) in [5, 5.41) is 12.2. The molecule has 16 heavy (non-hydrogen) atoms. The summed E-state index contributed by atoms with van der Waals surface area (Å²) in [4.78, 5) is 3.88. The Kier molecular flexibility index (Phi) is 2.93. The quantitative estimate of drug-likeness (QED) is 0.794. The molecule has 1 aliphatic carbocycles. The highest BCUT2D eigenvalue weighted by atomic mass is 16.5. The summed E-state index contributed by atoms with van der Waals surface area (Å²) < 4.78 is 5.28. The van der Waals surface area contributed by atoms with Gasteiger partial charge in [-0.25, -0.2) is 4.98 Å². The van der Waals surface area contributed by atoms with Gasteiger partial charge in [-0.2, -0.15) is 5.26 Å². The third kappa shape index (κ3) is 1.92. The fourth-order valence-electron chi connectivity index (χ4n) is 1.80. The van der Waals surface area contributed by atoms with Crippen LogP contribution in [-0.4, -0.2) is 24.2 Å². The van der Waals surface area contributed by atoms with E-state index in [1.165, 1.54) is 6.20 Å². The van der Waals surface area contributed by atoms with E-state index in [9.17, 15) is 0 Å². The van der Waals surface area contributed by atoms with Crippen molar-refractivity contribution in [3.8, 4) is 6.07 Å². The molecular formula is C11H14N4O. The van der Waals surface area contributed by atoms with E-state index in [0.29, 0.717) is 11.4 Å². The Morgan fingerprint density at radius 1 is 1.62 bits per heavy atom.